The molecule has 1 N–H and O–H groups in total. The van der Waals surface area contributed by atoms with E-state index in [1.807, 2.05) is 36.6 Å². The zero-order valence-electron chi connectivity index (χ0n) is 10.9. The number of benzene rings is 1. The van der Waals surface area contributed by atoms with Crippen molar-refractivity contribution in [3.05, 3.63) is 35.8 Å². The second kappa shape index (κ2) is 6.33. The van der Waals surface area contributed by atoms with Crippen molar-refractivity contribution >= 4 is 23.0 Å². The van der Waals surface area contributed by atoms with Gasteiger partial charge in [-0.2, -0.15) is 0 Å². The van der Waals surface area contributed by atoms with Gasteiger partial charge in [-0.15, -0.1) is 11.3 Å². The van der Waals surface area contributed by atoms with Crippen LogP contribution >= 0.6 is 11.3 Å². The van der Waals surface area contributed by atoms with Crippen molar-refractivity contribution in [3.8, 4) is 10.6 Å². The van der Waals surface area contributed by atoms with Crippen LogP contribution in [0.15, 0.2) is 35.8 Å². The summed E-state index contributed by atoms with van der Waals surface area (Å²) in [7, 11) is 1.40. The Balaban J connectivity index is 2.17. The van der Waals surface area contributed by atoms with Crippen molar-refractivity contribution in [2.75, 3.05) is 12.4 Å². The normalized spacial score (nSPS) is 11.9. The molecule has 0 fully saturated rings. The number of methoxy groups -OCH3 is 1. The van der Waals surface area contributed by atoms with E-state index in [4.69, 9.17) is 4.74 Å². The summed E-state index contributed by atoms with van der Waals surface area (Å²) in [5.41, 5.74) is 1.93. The van der Waals surface area contributed by atoms with Gasteiger partial charge in [0, 0.05) is 22.8 Å². The molecule has 1 atom stereocenters. The third-order valence-corrected chi connectivity index (χ3v) is 3.60. The number of ether oxygens (including phenoxy) is 1. The van der Waals surface area contributed by atoms with Crippen LogP contribution in [-0.4, -0.2) is 24.1 Å². The summed E-state index contributed by atoms with van der Waals surface area (Å²) >= 11 is 1.59. The van der Waals surface area contributed by atoms with E-state index < -0.39 is 0 Å². The lowest BCUT2D eigenvalue weighted by Gasteiger charge is -2.16. The quantitative estimate of drug-likeness (QED) is 0.852. The molecule has 0 saturated carbocycles. The average molecular weight is 276 g/mol. The number of nitrogens with zero attached hydrogens (tertiary/aromatic N) is 1. The van der Waals surface area contributed by atoms with Crippen molar-refractivity contribution in [2.24, 2.45) is 0 Å². The molecular formula is C14H16N2O2S. The van der Waals surface area contributed by atoms with Gasteiger partial charge < -0.3 is 10.1 Å². The first-order valence-electron chi connectivity index (χ1n) is 6.09. The van der Waals surface area contributed by atoms with Crippen LogP contribution in [-0.2, 0) is 9.53 Å². The summed E-state index contributed by atoms with van der Waals surface area (Å²) in [5.74, 6) is -0.248. The topological polar surface area (TPSA) is 51.2 Å². The summed E-state index contributed by atoms with van der Waals surface area (Å²) in [6.07, 6.45) is 2.46. The second-order valence-corrected chi connectivity index (χ2v) is 4.94. The van der Waals surface area contributed by atoms with Crippen LogP contribution < -0.4 is 5.32 Å². The van der Waals surface area contributed by atoms with Crippen LogP contribution in [0.25, 0.3) is 10.6 Å². The Morgan fingerprint density at radius 2 is 2.37 bits per heavy atom. The van der Waals surface area contributed by atoms with Crippen molar-refractivity contribution in [2.45, 2.75) is 19.4 Å². The van der Waals surface area contributed by atoms with E-state index >= 15 is 0 Å². The lowest BCUT2D eigenvalue weighted by molar-refractivity contribution is -0.141. The zero-order valence-corrected chi connectivity index (χ0v) is 11.7. The molecule has 0 aliphatic rings. The van der Waals surface area contributed by atoms with Crippen LogP contribution in [0.2, 0.25) is 0 Å². The van der Waals surface area contributed by atoms with Gasteiger partial charge in [-0.25, -0.2) is 9.78 Å². The summed E-state index contributed by atoms with van der Waals surface area (Å²) in [4.78, 5) is 15.8. The Kier molecular flexibility index (Phi) is 4.52. The van der Waals surface area contributed by atoms with Crippen LogP contribution in [0.5, 0.6) is 0 Å². The van der Waals surface area contributed by atoms with Gasteiger partial charge in [-0.1, -0.05) is 19.1 Å². The highest BCUT2D eigenvalue weighted by Crippen LogP contribution is 2.24. The minimum atomic E-state index is -0.323. The standard InChI is InChI=1S/C14H16N2O2S/c1-3-12(14(17)18-2)16-11-6-4-5-10(9-11)13-15-7-8-19-13/h4-9,12,16H,3H2,1-2H3. The highest BCUT2D eigenvalue weighted by atomic mass is 32.1. The van der Waals surface area contributed by atoms with Crippen LogP contribution in [0.1, 0.15) is 13.3 Å². The van der Waals surface area contributed by atoms with E-state index in [1.165, 1.54) is 7.11 Å². The van der Waals surface area contributed by atoms with E-state index in [0.29, 0.717) is 6.42 Å². The molecule has 0 saturated heterocycles. The first kappa shape index (κ1) is 13.5. The number of esters is 1. The predicted octanol–water partition coefficient (Wildman–Crippen LogP) is 3.17. The molecule has 0 amide bonds. The third-order valence-electron chi connectivity index (χ3n) is 2.78. The number of rotatable bonds is 5. The number of hydrogen-bond acceptors (Lipinski definition) is 5. The maximum Gasteiger partial charge on any atom is 0.328 e. The molecule has 0 spiro atoms. The molecule has 0 aliphatic heterocycles. The van der Waals surface area contributed by atoms with E-state index in [0.717, 1.165) is 16.3 Å². The van der Waals surface area contributed by atoms with Crippen molar-refractivity contribution in [3.63, 3.8) is 0 Å². The lowest BCUT2D eigenvalue weighted by atomic mass is 10.1. The fraction of sp³-hybridized carbons (Fsp3) is 0.286. The molecule has 0 radical (unpaired) electrons. The van der Waals surface area contributed by atoms with Gasteiger partial charge >= 0.3 is 5.97 Å². The largest absolute Gasteiger partial charge is 0.467 e. The molecule has 2 aromatic rings. The molecule has 100 valence electrons. The molecule has 0 aliphatic carbocycles. The molecule has 1 heterocycles. The first-order chi connectivity index (χ1) is 9.24. The number of aromatic nitrogens is 1. The number of anilines is 1. The maximum atomic E-state index is 11.6. The lowest BCUT2D eigenvalue weighted by Crippen LogP contribution is -2.29. The number of thiazole rings is 1. The molecule has 2 rings (SSSR count). The van der Waals surface area contributed by atoms with Crippen LogP contribution in [0.3, 0.4) is 0 Å². The van der Waals surface area contributed by atoms with Gasteiger partial charge in [-0.05, 0) is 18.6 Å². The minimum absolute atomic E-state index is 0.248. The van der Waals surface area contributed by atoms with Crippen molar-refractivity contribution < 1.29 is 9.53 Å². The Morgan fingerprint density at radius 1 is 1.53 bits per heavy atom. The number of hydrogen-bond donors (Lipinski definition) is 1. The Labute approximate surface area is 116 Å². The van der Waals surface area contributed by atoms with Gasteiger partial charge in [-0.3, -0.25) is 0 Å². The molecule has 1 aromatic heterocycles. The van der Waals surface area contributed by atoms with Gasteiger partial charge in [0.15, 0.2) is 0 Å². The summed E-state index contributed by atoms with van der Waals surface area (Å²) in [6, 6.07) is 7.55. The van der Waals surface area contributed by atoms with Gasteiger partial charge in [0.1, 0.15) is 11.0 Å². The SMILES string of the molecule is CCC(Nc1cccc(-c2nccs2)c1)C(=O)OC. The molecule has 19 heavy (non-hydrogen) atoms. The van der Waals surface area contributed by atoms with E-state index in [9.17, 15) is 4.79 Å². The maximum absolute atomic E-state index is 11.6. The highest BCUT2D eigenvalue weighted by molar-refractivity contribution is 7.13. The molecule has 1 unspecified atom stereocenters. The summed E-state index contributed by atoms with van der Waals surface area (Å²) < 4.78 is 4.77. The number of carbonyl (C=O) groups is 1. The average Bonchev–Trinajstić information content (AvgIpc) is 2.98. The number of nitrogens with one attached hydrogen (secondary N) is 1. The summed E-state index contributed by atoms with van der Waals surface area (Å²) in [6.45, 7) is 1.94. The van der Waals surface area contributed by atoms with Gasteiger partial charge in [0.2, 0.25) is 0 Å². The fourth-order valence-electron chi connectivity index (χ4n) is 1.78. The molecule has 0 bridgehead atoms. The first-order valence-corrected chi connectivity index (χ1v) is 6.97. The zero-order chi connectivity index (χ0) is 13.7. The van der Waals surface area contributed by atoms with E-state index in [2.05, 4.69) is 10.3 Å². The Morgan fingerprint density at radius 3 is 3.00 bits per heavy atom. The second-order valence-electron chi connectivity index (χ2n) is 4.05. The van der Waals surface area contributed by atoms with Crippen LogP contribution in [0, 0.1) is 0 Å². The highest BCUT2D eigenvalue weighted by Gasteiger charge is 2.16. The van der Waals surface area contributed by atoms with Crippen LogP contribution in [0.4, 0.5) is 5.69 Å². The fourth-order valence-corrected chi connectivity index (χ4v) is 2.41. The molecular weight excluding hydrogens is 260 g/mol. The van der Waals surface area contributed by atoms with Gasteiger partial charge in [0.25, 0.3) is 0 Å². The Bertz CT molecular complexity index is 540. The molecule has 4 nitrogen and oxygen atoms in total. The number of carbonyl (C=O) groups excluding carboxylic acids is 1. The molecule has 1 aromatic carbocycles. The Hall–Kier alpha value is -1.88. The minimum Gasteiger partial charge on any atom is -0.467 e. The third kappa shape index (κ3) is 3.32. The van der Waals surface area contributed by atoms with Crippen molar-refractivity contribution in [1.29, 1.82) is 0 Å². The van der Waals surface area contributed by atoms with E-state index in [-0.39, 0.29) is 12.0 Å². The monoisotopic (exact) mass is 276 g/mol. The molecule has 5 heteroatoms. The smallest absolute Gasteiger partial charge is 0.328 e. The van der Waals surface area contributed by atoms with E-state index in [1.54, 1.807) is 17.5 Å². The predicted molar refractivity (Wildman–Crippen MR) is 77.3 cm³/mol. The van der Waals surface area contributed by atoms with Crippen molar-refractivity contribution in [1.82, 2.24) is 4.98 Å². The van der Waals surface area contributed by atoms with Gasteiger partial charge in [0.05, 0.1) is 7.11 Å². The summed E-state index contributed by atoms with van der Waals surface area (Å²) in [5, 5.41) is 6.09.